The first-order valence-electron chi connectivity index (χ1n) is 5.41. The van der Waals surface area contributed by atoms with E-state index in [-0.39, 0.29) is 31.9 Å². The van der Waals surface area contributed by atoms with Gasteiger partial charge in [-0.25, -0.2) is 0 Å². The van der Waals surface area contributed by atoms with Crippen molar-refractivity contribution in [3.05, 3.63) is 0 Å². The molecule has 1 atom stereocenters. The van der Waals surface area contributed by atoms with E-state index in [2.05, 4.69) is 5.32 Å². The third kappa shape index (κ3) is 5.58. The second-order valence-corrected chi connectivity index (χ2v) is 4.34. The first-order valence-corrected chi connectivity index (χ1v) is 5.41. The Morgan fingerprint density at radius 1 is 1.05 bits per heavy atom. The zero-order valence-corrected chi connectivity index (χ0v) is 11.1. The van der Waals surface area contributed by atoms with E-state index in [1.807, 2.05) is 0 Å². The van der Waals surface area contributed by atoms with Crippen molar-refractivity contribution in [3.8, 4) is 0 Å². The van der Waals surface area contributed by atoms with Gasteiger partial charge in [0.15, 0.2) is 0 Å². The lowest BCUT2D eigenvalue weighted by Crippen LogP contribution is -2.60. The van der Waals surface area contributed by atoms with Crippen LogP contribution in [0.25, 0.3) is 0 Å². The zero-order chi connectivity index (χ0) is 15.6. The molecule has 3 N–H and O–H groups in total. The summed E-state index contributed by atoms with van der Waals surface area (Å²) in [6.45, 7) is -0.715. The maximum absolute atomic E-state index is 12.2. The molecule has 1 aliphatic rings. The fourth-order valence-corrected chi connectivity index (χ4v) is 1.71. The SMILES string of the molecule is Cl.O=C(NCC1(NC(=O)C(F)(F)F)CCNC1)C(F)(F)F. The quantitative estimate of drug-likeness (QED) is 0.654. The van der Waals surface area contributed by atoms with E-state index in [1.165, 1.54) is 5.32 Å². The summed E-state index contributed by atoms with van der Waals surface area (Å²) in [6.07, 6.45) is -10.3. The second kappa shape index (κ2) is 6.69. The van der Waals surface area contributed by atoms with Crippen LogP contribution < -0.4 is 16.0 Å². The maximum atomic E-state index is 12.2. The number of hydrogen-bond acceptors (Lipinski definition) is 3. The largest absolute Gasteiger partial charge is 0.471 e. The van der Waals surface area contributed by atoms with Crippen LogP contribution in [-0.4, -0.2) is 49.3 Å². The summed E-state index contributed by atoms with van der Waals surface area (Å²) in [5.41, 5.74) is -1.59. The van der Waals surface area contributed by atoms with Crippen molar-refractivity contribution in [2.75, 3.05) is 19.6 Å². The van der Waals surface area contributed by atoms with Crippen LogP contribution in [0.5, 0.6) is 0 Å². The second-order valence-electron chi connectivity index (χ2n) is 4.34. The average Bonchev–Trinajstić information content (AvgIpc) is 2.72. The highest BCUT2D eigenvalue weighted by Gasteiger charge is 2.46. The predicted molar refractivity (Wildman–Crippen MR) is 60.7 cm³/mol. The van der Waals surface area contributed by atoms with Gasteiger partial charge < -0.3 is 16.0 Å². The molecule has 0 aromatic carbocycles. The van der Waals surface area contributed by atoms with Crippen molar-refractivity contribution >= 4 is 24.2 Å². The highest BCUT2D eigenvalue weighted by atomic mass is 35.5. The maximum Gasteiger partial charge on any atom is 0.471 e. The van der Waals surface area contributed by atoms with Gasteiger partial charge in [-0.15, -0.1) is 12.4 Å². The van der Waals surface area contributed by atoms with Gasteiger partial charge in [-0.1, -0.05) is 0 Å². The lowest BCUT2D eigenvalue weighted by Gasteiger charge is -2.30. The third-order valence-electron chi connectivity index (χ3n) is 2.72. The molecular formula is C9H12ClF6N3O2. The molecule has 0 aliphatic carbocycles. The molecule has 0 aromatic heterocycles. The van der Waals surface area contributed by atoms with E-state index in [1.54, 1.807) is 5.32 Å². The van der Waals surface area contributed by atoms with E-state index >= 15 is 0 Å². The highest BCUT2D eigenvalue weighted by Crippen LogP contribution is 2.21. The fraction of sp³-hybridized carbons (Fsp3) is 0.778. The van der Waals surface area contributed by atoms with Crippen molar-refractivity contribution < 1.29 is 35.9 Å². The molecule has 2 amide bonds. The monoisotopic (exact) mass is 343 g/mol. The molecule has 0 spiro atoms. The van der Waals surface area contributed by atoms with Crippen molar-refractivity contribution in [2.45, 2.75) is 24.3 Å². The van der Waals surface area contributed by atoms with Crippen LogP contribution in [0.1, 0.15) is 6.42 Å². The minimum Gasteiger partial charge on any atom is -0.346 e. The lowest BCUT2D eigenvalue weighted by molar-refractivity contribution is -0.176. The van der Waals surface area contributed by atoms with Crippen molar-refractivity contribution in [1.82, 2.24) is 16.0 Å². The van der Waals surface area contributed by atoms with Crippen LogP contribution in [0, 0.1) is 0 Å². The van der Waals surface area contributed by atoms with Crippen LogP contribution in [-0.2, 0) is 9.59 Å². The first kappa shape index (κ1) is 19.8. The third-order valence-corrected chi connectivity index (χ3v) is 2.72. The summed E-state index contributed by atoms with van der Waals surface area (Å²) in [6, 6.07) is 0. The number of hydrogen-bond donors (Lipinski definition) is 3. The number of rotatable bonds is 3. The zero-order valence-electron chi connectivity index (χ0n) is 10.3. The van der Waals surface area contributed by atoms with Crippen LogP contribution >= 0.6 is 12.4 Å². The Hall–Kier alpha value is -1.23. The Morgan fingerprint density at radius 3 is 1.95 bits per heavy atom. The molecule has 1 fully saturated rings. The number of halogens is 7. The highest BCUT2D eigenvalue weighted by molar-refractivity contribution is 5.85. The van der Waals surface area contributed by atoms with Gasteiger partial charge in [0.1, 0.15) is 0 Å². The van der Waals surface area contributed by atoms with Gasteiger partial charge in [-0.3, -0.25) is 9.59 Å². The minimum absolute atomic E-state index is 0. The summed E-state index contributed by atoms with van der Waals surface area (Å²) in [7, 11) is 0. The fourth-order valence-electron chi connectivity index (χ4n) is 1.71. The van der Waals surface area contributed by atoms with Crippen LogP contribution in [0.3, 0.4) is 0 Å². The van der Waals surface area contributed by atoms with Gasteiger partial charge in [-0.05, 0) is 13.0 Å². The number of amides is 2. The van der Waals surface area contributed by atoms with Gasteiger partial charge in [-0.2, -0.15) is 26.3 Å². The standard InChI is InChI=1S/C9H11F6N3O2.ClH/c10-8(11,12)5(19)17-4-7(1-2-16-3-7)18-6(20)9(13,14)15;/h16H,1-4H2,(H,17,19)(H,18,20);1H. The average molecular weight is 344 g/mol. The van der Waals surface area contributed by atoms with Crippen LogP contribution in [0.4, 0.5) is 26.3 Å². The van der Waals surface area contributed by atoms with Crippen molar-refractivity contribution in [2.24, 2.45) is 0 Å². The van der Waals surface area contributed by atoms with E-state index < -0.39 is 36.3 Å². The van der Waals surface area contributed by atoms with Gasteiger partial charge in [0.2, 0.25) is 0 Å². The number of carbonyl (C=O) groups is 2. The summed E-state index contributed by atoms with van der Waals surface area (Å²) >= 11 is 0. The molecule has 1 heterocycles. The van der Waals surface area contributed by atoms with E-state index in [9.17, 15) is 35.9 Å². The molecule has 1 saturated heterocycles. The topological polar surface area (TPSA) is 70.2 Å². The van der Waals surface area contributed by atoms with Gasteiger partial charge >= 0.3 is 24.2 Å². The summed E-state index contributed by atoms with van der Waals surface area (Å²) in [4.78, 5) is 21.5. The minimum atomic E-state index is -5.15. The molecule has 0 radical (unpaired) electrons. The summed E-state index contributed by atoms with van der Waals surface area (Å²) in [5.74, 6) is -4.53. The van der Waals surface area contributed by atoms with Gasteiger partial charge in [0.05, 0.1) is 5.54 Å². The Kier molecular flexibility index (Phi) is 6.30. The smallest absolute Gasteiger partial charge is 0.346 e. The van der Waals surface area contributed by atoms with E-state index in [0.717, 1.165) is 0 Å². The molecule has 12 heteroatoms. The molecule has 1 rings (SSSR count). The van der Waals surface area contributed by atoms with E-state index in [0.29, 0.717) is 0 Å². The molecule has 0 saturated carbocycles. The molecular weight excluding hydrogens is 332 g/mol. The molecule has 1 aliphatic heterocycles. The first-order chi connectivity index (χ1) is 8.96. The molecule has 21 heavy (non-hydrogen) atoms. The number of nitrogens with one attached hydrogen (secondary N) is 3. The number of alkyl halides is 6. The van der Waals surface area contributed by atoms with Gasteiger partial charge in [0, 0.05) is 13.1 Å². The van der Waals surface area contributed by atoms with Crippen LogP contribution in [0.15, 0.2) is 0 Å². The Balaban J connectivity index is 0.00000400. The van der Waals surface area contributed by atoms with Crippen molar-refractivity contribution in [3.63, 3.8) is 0 Å². The molecule has 5 nitrogen and oxygen atoms in total. The van der Waals surface area contributed by atoms with Gasteiger partial charge in [0.25, 0.3) is 0 Å². The predicted octanol–water partition coefficient (Wildman–Crippen LogP) is 0.497. The molecule has 1 unspecified atom stereocenters. The molecule has 0 bridgehead atoms. The molecule has 124 valence electrons. The van der Waals surface area contributed by atoms with Crippen molar-refractivity contribution in [1.29, 1.82) is 0 Å². The summed E-state index contributed by atoms with van der Waals surface area (Å²) < 4.78 is 72.5. The Morgan fingerprint density at radius 2 is 1.57 bits per heavy atom. The van der Waals surface area contributed by atoms with Crippen LogP contribution in [0.2, 0.25) is 0 Å². The Bertz CT molecular complexity index is 392. The lowest BCUT2D eigenvalue weighted by atomic mass is 9.98. The number of carbonyl (C=O) groups excluding carboxylic acids is 2. The normalized spacial score (nSPS) is 22.4. The molecule has 0 aromatic rings. The Labute approximate surface area is 121 Å². The summed E-state index contributed by atoms with van der Waals surface area (Å²) in [5, 5.41) is 5.72. The van der Waals surface area contributed by atoms with E-state index in [4.69, 9.17) is 0 Å².